The molecule has 0 aliphatic carbocycles. The molecule has 0 amide bonds. The topological polar surface area (TPSA) is 59.1 Å². The Morgan fingerprint density at radius 2 is 1.83 bits per heavy atom. The number of nitrogens with zero attached hydrogens (tertiary/aromatic N) is 2. The van der Waals surface area contributed by atoms with Crippen LogP contribution >= 0.6 is 0 Å². The van der Waals surface area contributed by atoms with Gasteiger partial charge in [-0.25, -0.2) is 0 Å². The SMILES string of the molecule is CCN(CC)S(=O)(=O)N1CCCC1c1ccc(OC)c(OC)c1. The highest BCUT2D eigenvalue weighted by Gasteiger charge is 2.38. The van der Waals surface area contributed by atoms with Gasteiger partial charge >= 0.3 is 0 Å². The summed E-state index contributed by atoms with van der Waals surface area (Å²) in [5.41, 5.74) is 0.941. The second kappa shape index (κ2) is 7.51. The number of methoxy groups -OCH3 is 2. The summed E-state index contributed by atoms with van der Waals surface area (Å²) in [6.07, 6.45) is 1.68. The Bertz CT molecular complexity index is 629. The summed E-state index contributed by atoms with van der Waals surface area (Å²) in [5, 5.41) is 0. The lowest BCUT2D eigenvalue weighted by atomic mass is 10.0. The molecule has 0 bridgehead atoms. The number of hydrogen-bond acceptors (Lipinski definition) is 4. The first-order chi connectivity index (χ1) is 11.0. The number of rotatable bonds is 7. The molecule has 7 heteroatoms. The van der Waals surface area contributed by atoms with Crippen LogP contribution in [0.3, 0.4) is 0 Å². The van der Waals surface area contributed by atoms with Gasteiger partial charge in [-0.05, 0) is 30.5 Å². The first-order valence-corrected chi connectivity index (χ1v) is 9.38. The van der Waals surface area contributed by atoms with E-state index in [2.05, 4.69) is 0 Å². The maximum Gasteiger partial charge on any atom is 0.282 e. The fourth-order valence-corrected chi connectivity index (χ4v) is 4.97. The molecule has 23 heavy (non-hydrogen) atoms. The maximum atomic E-state index is 12.9. The van der Waals surface area contributed by atoms with Crippen molar-refractivity contribution in [2.24, 2.45) is 0 Å². The molecule has 1 aliphatic rings. The first kappa shape index (κ1) is 18.0. The standard InChI is InChI=1S/C16H26N2O4S/c1-5-17(6-2)23(19,20)18-11-7-8-14(18)13-9-10-15(21-3)16(12-13)22-4/h9-10,12,14H,5-8,11H2,1-4H3. The van der Waals surface area contributed by atoms with E-state index in [9.17, 15) is 8.42 Å². The van der Waals surface area contributed by atoms with E-state index >= 15 is 0 Å². The second-order valence-corrected chi connectivity index (χ2v) is 7.36. The molecule has 130 valence electrons. The van der Waals surface area contributed by atoms with Crippen molar-refractivity contribution < 1.29 is 17.9 Å². The van der Waals surface area contributed by atoms with Gasteiger partial charge < -0.3 is 9.47 Å². The van der Waals surface area contributed by atoms with E-state index in [4.69, 9.17) is 9.47 Å². The highest BCUT2D eigenvalue weighted by atomic mass is 32.2. The van der Waals surface area contributed by atoms with Gasteiger partial charge in [0.05, 0.1) is 20.3 Å². The molecule has 1 aromatic carbocycles. The molecule has 1 fully saturated rings. The Kier molecular flexibility index (Phi) is 5.89. The highest BCUT2D eigenvalue weighted by molar-refractivity contribution is 7.86. The summed E-state index contributed by atoms with van der Waals surface area (Å²) in [4.78, 5) is 0. The molecule has 1 atom stereocenters. The predicted octanol–water partition coefficient (Wildman–Crippen LogP) is 2.43. The quantitative estimate of drug-likeness (QED) is 0.764. The predicted molar refractivity (Wildman–Crippen MR) is 90.1 cm³/mol. The van der Waals surface area contributed by atoms with E-state index in [0.717, 1.165) is 18.4 Å². The minimum Gasteiger partial charge on any atom is -0.493 e. The molecule has 1 saturated heterocycles. The Labute approximate surface area is 139 Å². The molecule has 1 unspecified atom stereocenters. The van der Waals surface area contributed by atoms with Crippen LogP contribution < -0.4 is 9.47 Å². The summed E-state index contributed by atoms with van der Waals surface area (Å²) < 4.78 is 39.4. The van der Waals surface area contributed by atoms with Crippen molar-refractivity contribution in [1.29, 1.82) is 0 Å². The molecule has 1 heterocycles. The first-order valence-electron chi connectivity index (χ1n) is 7.98. The zero-order chi connectivity index (χ0) is 17.0. The van der Waals surface area contributed by atoms with Crippen molar-refractivity contribution in [2.45, 2.75) is 32.7 Å². The smallest absolute Gasteiger partial charge is 0.282 e. The average molecular weight is 342 g/mol. The Morgan fingerprint density at radius 3 is 2.39 bits per heavy atom. The van der Waals surface area contributed by atoms with Crippen LogP contribution in [0.2, 0.25) is 0 Å². The average Bonchev–Trinajstić information content (AvgIpc) is 3.05. The third-order valence-corrected chi connectivity index (χ3v) is 6.52. The van der Waals surface area contributed by atoms with Gasteiger partial charge in [0.25, 0.3) is 10.2 Å². The van der Waals surface area contributed by atoms with E-state index in [1.807, 2.05) is 32.0 Å². The largest absolute Gasteiger partial charge is 0.493 e. The van der Waals surface area contributed by atoms with Gasteiger partial charge in [0.15, 0.2) is 11.5 Å². The third-order valence-electron chi connectivity index (χ3n) is 4.32. The van der Waals surface area contributed by atoms with Gasteiger partial charge in [-0.2, -0.15) is 17.0 Å². The third kappa shape index (κ3) is 3.46. The molecular weight excluding hydrogens is 316 g/mol. The van der Waals surface area contributed by atoms with Crippen LogP contribution in [-0.4, -0.2) is 50.9 Å². The van der Waals surface area contributed by atoms with E-state index in [1.54, 1.807) is 18.5 Å². The lowest BCUT2D eigenvalue weighted by molar-refractivity contribution is 0.334. The molecule has 0 saturated carbocycles. The normalized spacial score (nSPS) is 19.3. The van der Waals surface area contributed by atoms with Crippen molar-refractivity contribution in [2.75, 3.05) is 33.9 Å². The zero-order valence-corrected chi connectivity index (χ0v) is 15.1. The molecule has 1 aliphatic heterocycles. The summed E-state index contributed by atoms with van der Waals surface area (Å²) in [6.45, 7) is 5.24. The monoisotopic (exact) mass is 342 g/mol. The molecule has 0 N–H and O–H groups in total. The summed E-state index contributed by atoms with van der Waals surface area (Å²) in [6, 6.07) is 5.47. The molecule has 6 nitrogen and oxygen atoms in total. The van der Waals surface area contributed by atoms with Gasteiger partial charge in [-0.1, -0.05) is 19.9 Å². The van der Waals surface area contributed by atoms with Crippen LogP contribution in [0.15, 0.2) is 18.2 Å². The van der Waals surface area contributed by atoms with E-state index in [0.29, 0.717) is 31.1 Å². The lowest BCUT2D eigenvalue weighted by Gasteiger charge is -2.30. The van der Waals surface area contributed by atoms with Crippen LogP contribution in [0.1, 0.15) is 38.3 Å². The minimum atomic E-state index is -3.44. The number of benzene rings is 1. The van der Waals surface area contributed by atoms with Gasteiger partial charge in [0.2, 0.25) is 0 Å². The van der Waals surface area contributed by atoms with Crippen molar-refractivity contribution in [3.05, 3.63) is 23.8 Å². The number of hydrogen-bond donors (Lipinski definition) is 0. The van der Waals surface area contributed by atoms with Crippen molar-refractivity contribution in [1.82, 2.24) is 8.61 Å². The van der Waals surface area contributed by atoms with E-state index < -0.39 is 10.2 Å². The van der Waals surface area contributed by atoms with E-state index in [-0.39, 0.29) is 6.04 Å². The Hall–Kier alpha value is -1.31. The molecule has 1 aromatic rings. The Morgan fingerprint density at radius 1 is 1.17 bits per heavy atom. The minimum absolute atomic E-state index is 0.152. The van der Waals surface area contributed by atoms with Gasteiger partial charge in [0, 0.05) is 19.6 Å². The van der Waals surface area contributed by atoms with E-state index in [1.165, 1.54) is 4.31 Å². The summed E-state index contributed by atoms with van der Waals surface area (Å²) in [5.74, 6) is 1.27. The molecule has 0 spiro atoms. The molecule has 0 aromatic heterocycles. The fourth-order valence-electron chi connectivity index (χ4n) is 3.11. The highest BCUT2D eigenvalue weighted by Crippen LogP contribution is 2.38. The van der Waals surface area contributed by atoms with Gasteiger partial charge in [0.1, 0.15) is 0 Å². The fraction of sp³-hybridized carbons (Fsp3) is 0.625. The summed E-state index contributed by atoms with van der Waals surface area (Å²) >= 11 is 0. The van der Waals surface area contributed by atoms with Crippen LogP contribution in [0.25, 0.3) is 0 Å². The van der Waals surface area contributed by atoms with Crippen LogP contribution in [0.4, 0.5) is 0 Å². The number of ether oxygens (including phenoxy) is 2. The second-order valence-electron chi connectivity index (χ2n) is 5.48. The van der Waals surface area contributed by atoms with Crippen LogP contribution in [0.5, 0.6) is 11.5 Å². The molecular formula is C16H26N2O4S. The van der Waals surface area contributed by atoms with Gasteiger partial charge in [-0.15, -0.1) is 0 Å². The maximum absolute atomic E-state index is 12.9. The molecule has 0 radical (unpaired) electrons. The zero-order valence-electron chi connectivity index (χ0n) is 14.3. The van der Waals surface area contributed by atoms with Crippen molar-refractivity contribution in [3.63, 3.8) is 0 Å². The Balaban J connectivity index is 2.35. The van der Waals surface area contributed by atoms with Gasteiger partial charge in [-0.3, -0.25) is 0 Å². The van der Waals surface area contributed by atoms with Crippen molar-refractivity contribution >= 4 is 10.2 Å². The van der Waals surface area contributed by atoms with Crippen molar-refractivity contribution in [3.8, 4) is 11.5 Å². The summed E-state index contributed by atoms with van der Waals surface area (Å²) in [7, 11) is -0.267. The molecule has 2 rings (SSSR count). The van der Waals surface area contributed by atoms with Crippen LogP contribution in [0, 0.1) is 0 Å². The van der Waals surface area contributed by atoms with Crippen LogP contribution in [-0.2, 0) is 10.2 Å². The lowest BCUT2D eigenvalue weighted by Crippen LogP contribution is -2.43.